The molecule has 0 amide bonds. The molecule has 1 N–H and O–H groups in total. The van der Waals surface area contributed by atoms with Crippen LogP contribution >= 0.6 is 0 Å². The fourth-order valence-corrected chi connectivity index (χ4v) is 4.81. The fraction of sp³-hybridized carbons (Fsp3) is 0.500. The van der Waals surface area contributed by atoms with Gasteiger partial charge < -0.3 is 0 Å². The first-order chi connectivity index (χ1) is 13.7. The van der Waals surface area contributed by atoms with Crippen LogP contribution in [-0.2, 0) is 25.9 Å². The van der Waals surface area contributed by atoms with Crippen molar-refractivity contribution < 1.29 is 0 Å². The molecule has 1 aromatic rings. The first-order valence-corrected chi connectivity index (χ1v) is 10.5. The molecule has 0 atom stereocenters. The first kappa shape index (κ1) is 17.6. The second-order valence-corrected chi connectivity index (χ2v) is 8.13. The van der Waals surface area contributed by atoms with Crippen LogP contribution in [0.25, 0.3) is 11.4 Å². The maximum Gasteiger partial charge on any atom is 0.284 e. The lowest BCUT2D eigenvalue weighted by atomic mass is 10.00. The molecule has 3 heterocycles. The zero-order valence-electron chi connectivity index (χ0n) is 16.4. The molecule has 0 unspecified atom stereocenters. The Kier molecular flexibility index (Phi) is 4.51. The number of fused-ring (bicyclic) bond motifs is 2. The van der Waals surface area contributed by atoms with E-state index in [0.29, 0.717) is 24.0 Å². The van der Waals surface area contributed by atoms with E-state index in [1.54, 1.807) is 0 Å². The maximum absolute atomic E-state index is 12.8. The number of nitrogens with one attached hydrogen (secondary N) is 1. The van der Waals surface area contributed by atoms with E-state index in [1.165, 1.54) is 24.0 Å². The predicted molar refractivity (Wildman–Crippen MR) is 108 cm³/mol. The summed E-state index contributed by atoms with van der Waals surface area (Å²) in [6.45, 7) is 4.56. The SMILES string of the molecule is CCc1[nH]n(C2CCCC2)c2nc(CN3CCc4ccccc4C3)nc(=O)c1-2. The van der Waals surface area contributed by atoms with E-state index in [0.717, 1.165) is 50.3 Å². The third-order valence-corrected chi connectivity index (χ3v) is 6.31. The van der Waals surface area contributed by atoms with Gasteiger partial charge >= 0.3 is 0 Å². The fourth-order valence-electron chi connectivity index (χ4n) is 4.81. The van der Waals surface area contributed by atoms with Gasteiger partial charge in [-0.1, -0.05) is 44.0 Å². The van der Waals surface area contributed by atoms with Crippen LogP contribution in [0.15, 0.2) is 29.1 Å². The van der Waals surface area contributed by atoms with Gasteiger partial charge in [0.1, 0.15) is 11.4 Å². The second kappa shape index (κ2) is 7.17. The van der Waals surface area contributed by atoms with E-state index in [1.807, 2.05) is 0 Å². The van der Waals surface area contributed by atoms with Crippen LogP contribution in [0.4, 0.5) is 0 Å². The van der Waals surface area contributed by atoms with Crippen molar-refractivity contribution in [3.05, 3.63) is 57.3 Å². The standard InChI is InChI=1S/C22H27N5O/c1-2-18-20-21(27(25-18)17-9-5-6-10-17)23-19(24-22(20)28)14-26-12-11-15-7-3-4-8-16(15)13-26/h3-4,7-8,17,25H,2,5-6,9-14H2,1H3. The molecule has 3 aliphatic heterocycles. The summed E-state index contributed by atoms with van der Waals surface area (Å²) in [5.74, 6) is 1.45. The average Bonchev–Trinajstić information content (AvgIpc) is 3.35. The molecule has 1 aromatic carbocycles. The summed E-state index contributed by atoms with van der Waals surface area (Å²) in [4.78, 5) is 24.4. The number of aromatic amines is 1. The van der Waals surface area contributed by atoms with Crippen molar-refractivity contribution in [2.24, 2.45) is 0 Å². The Morgan fingerprint density at radius 1 is 1.14 bits per heavy atom. The molecule has 1 aliphatic carbocycles. The molecule has 6 heteroatoms. The van der Waals surface area contributed by atoms with Gasteiger partial charge in [0, 0.05) is 18.8 Å². The Morgan fingerprint density at radius 3 is 2.71 bits per heavy atom. The van der Waals surface area contributed by atoms with Crippen molar-refractivity contribution >= 4 is 0 Å². The second-order valence-electron chi connectivity index (χ2n) is 8.13. The lowest BCUT2D eigenvalue weighted by molar-refractivity contribution is 0.239. The highest BCUT2D eigenvalue weighted by atomic mass is 16.1. The zero-order valence-corrected chi connectivity index (χ0v) is 16.4. The summed E-state index contributed by atoms with van der Waals surface area (Å²) in [5, 5.41) is 3.47. The molecule has 1 fully saturated rings. The normalized spacial score (nSPS) is 18.0. The van der Waals surface area contributed by atoms with Gasteiger partial charge in [-0.15, -0.1) is 0 Å². The minimum atomic E-state index is -0.137. The molecule has 4 aliphatic rings. The van der Waals surface area contributed by atoms with E-state index in [-0.39, 0.29) is 5.56 Å². The van der Waals surface area contributed by atoms with Gasteiger partial charge in [-0.25, -0.2) is 4.98 Å². The molecule has 0 saturated heterocycles. The number of hydrogen-bond acceptors (Lipinski definition) is 4. The summed E-state index contributed by atoms with van der Waals surface area (Å²) in [6.07, 6.45) is 6.62. The highest BCUT2D eigenvalue weighted by molar-refractivity contribution is 5.59. The number of benzene rings is 1. The van der Waals surface area contributed by atoms with E-state index in [4.69, 9.17) is 4.98 Å². The van der Waals surface area contributed by atoms with Crippen LogP contribution in [0.3, 0.4) is 0 Å². The molecule has 1 saturated carbocycles. The van der Waals surface area contributed by atoms with Gasteiger partial charge in [0.2, 0.25) is 0 Å². The van der Waals surface area contributed by atoms with Crippen LogP contribution in [0.1, 0.15) is 61.3 Å². The van der Waals surface area contributed by atoms with Crippen LogP contribution in [-0.4, -0.2) is 31.2 Å². The van der Waals surface area contributed by atoms with Crippen molar-refractivity contribution in [1.82, 2.24) is 24.6 Å². The number of aryl methyl sites for hydroxylation is 1. The molecular weight excluding hydrogens is 350 g/mol. The van der Waals surface area contributed by atoms with E-state index in [9.17, 15) is 4.79 Å². The van der Waals surface area contributed by atoms with Gasteiger partial charge in [0.25, 0.3) is 5.56 Å². The lowest BCUT2D eigenvalue weighted by Crippen LogP contribution is -2.32. The number of aromatic nitrogens is 4. The smallest absolute Gasteiger partial charge is 0.284 e. The van der Waals surface area contributed by atoms with Crippen LogP contribution in [0, 0.1) is 0 Å². The summed E-state index contributed by atoms with van der Waals surface area (Å²) < 4.78 is 2.15. The van der Waals surface area contributed by atoms with Crippen molar-refractivity contribution in [2.45, 2.75) is 64.6 Å². The van der Waals surface area contributed by atoms with Gasteiger partial charge in [-0.2, -0.15) is 4.98 Å². The van der Waals surface area contributed by atoms with Gasteiger partial charge in [-0.3, -0.25) is 19.5 Å². The number of H-pyrrole nitrogens is 1. The minimum Gasteiger partial charge on any atom is -0.300 e. The van der Waals surface area contributed by atoms with Crippen molar-refractivity contribution in [3.8, 4) is 11.4 Å². The molecular formula is C22H27N5O. The van der Waals surface area contributed by atoms with Crippen LogP contribution in [0.2, 0.25) is 0 Å². The largest absolute Gasteiger partial charge is 0.300 e. The predicted octanol–water partition coefficient (Wildman–Crippen LogP) is 3.31. The molecule has 146 valence electrons. The Bertz CT molecular complexity index is 1010. The summed E-state index contributed by atoms with van der Waals surface area (Å²) >= 11 is 0. The average molecular weight is 377 g/mol. The Morgan fingerprint density at radius 2 is 1.93 bits per heavy atom. The van der Waals surface area contributed by atoms with Gasteiger partial charge in [0.15, 0.2) is 5.82 Å². The van der Waals surface area contributed by atoms with Crippen molar-refractivity contribution in [1.29, 1.82) is 0 Å². The highest BCUT2D eigenvalue weighted by Gasteiger charge is 2.28. The molecule has 0 bridgehead atoms. The first-order valence-electron chi connectivity index (χ1n) is 10.5. The Balaban J connectivity index is 1.48. The summed E-state index contributed by atoms with van der Waals surface area (Å²) in [6, 6.07) is 9.03. The molecule has 28 heavy (non-hydrogen) atoms. The monoisotopic (exact) mass is 377 g/mol. The molecule has 0 radical (unpaired) electrons. The lowest BCUT2D eigenvalue weighted by Gasteiger charge is -2.28. The third kappa shape index (κ3) is 3.05. The van der Waals surface area contributed by atoms with E-state index >= 15 is 0 Å². The third-order valence-electron chi connectivity index (χ3n) is 6.31. The van der Waals surface area contributed by atoms with Gasteiger partial charge in [-0.05, 0) is 36.8 Å². The molecule has 0 aromatic heterocycles. The highest BCUT2D eigenvalue weighted by Crippen LogP contribution is 2.33. The Labute approximate surface area is 164 Å². The number of nitrogens with zero attached hydrogens (tertiary/aromatic N) is 4. The number of rotatable bonds is 4. The summed E-state index contributed by atoms with van der Waals surface area (Å²) in [7, 11) is 0. The van der Waals surface area contributed by atoms with Crippen molar-refractivity contribution in [3.63, 3.8) is 0 Å². The van der Waals surface area contributed by atoms with Crippen molar-refractivity contribution in [2.75, 3.05) is 6.54 Å². The van der Waals surface area contributed by atoms with Gasteiger partial charge in [0.05, 0.1) is 12.6 Å². The van der Waals surface area contributed by atoms with Crippen LogP contribution in [0.5, 0.6) is 0 Å². The quantitative estimate of drug-likeness (QED) is 0.757. The molecule has 5 rings (SSSR count). The topological polar surface area (TPSA) is 66.8 Å². The molecule has 6 nitrogen and oxygen atoms in total. The van der Waals surface area contributed by atoms with E-state index < -0.39 is 0 Å². The summed E-state index contributed by atoms with van der Waals surface area (Å²) in [5.41, 5.74) is 4.31. The van der Waals surface area contributed by atoms with Crippen LogP contribution < -0.4 is 5.56 Å². The van der Waals surface area contributed by atoms with E-state index in [2.05, 4.69) is 50.9 Å². The molecule has 0 spiro atoms. The zero-order chi connectivity index (χ0) is 19.1. The maximum atomic E-state index is 12.8. The minimum absolute atomic E-state index is 0.137. The number of hydrogen-bond donors (Lipinski definition) is 1. The Hall–Kier alpha value is -2.47.